The smallest absolute Gasteiger partial charge is 0.246 e. The third kappa shape index (κ3) is 5.04. The molecule has 2 bridgehead atoms. The molecule has 5 aliphatic rings. The quantitative estimate of drug-likeness (QED) is 0.464. The van der Waals surface area contributed by atoms with E-state index in [1.165, 1.54) is 0 Å². The molecule has 6 rings (SSSR count). The number of carbonyl (C=O) groups is 3. The standard InChI is InChI=1S/C31H42N4O6/c1-19-5-4-6-23(20(19)2)33-29(37)27-31-12-11-24(41-31)25(28(36)32-21-7-9-22(39-3)10-8-21)26(31)30(38)35(27)14-13-34-15-17-40-18-16-34/h7-12,19-20,23-27H,4-6,13-18H2,1-3H3,(H,32,36)(H,33,37)/t19-,20-,23+,24-,25+,26-,27-,31-/m0/s1. The van der Waals surface area contributed by atoms with E-state index in [0.29, 0.717) is 49.6 Å². The van der Waals surface area contributed by atoms with Crippen LogP contribution >= 0.6 is 0 Å². The number of nitrogens with zero attached hydrogens (tertiary/aromatic N) is 2. The molecule has 0 aromatic heterocycles. The summed E-state index contributed by atoms with van der Waals surface area (Å²) in [4.78, 5) is 46.0. The molecule has 0 radical (unpaired) electrons. The Bertz CT molecular complexity index is 1180. The zero-order valence-corrected chi connectivity index (χ0v) is 24.2. The number of morpholine rings is 1. The lowest BCUT2D eigenvalue weighted by atomic mass is 9.73. The van der Waals surface area contributed by atoms with E-state index in [4.69, 9.17) is 14.2 Å². The number of hydrogen-bond acceptors (Lipinski definition) is 7. The molecule has 2 N–H and O–H groups in total. The highest BCUT2D eigenvalue weighted by atomic mass is 16.5. The summed E-state index contributed by atoms with van der Waals surface area (Å²) in [7, 11) is 1.59. The second-order valence-electron chi connectivity index (χ2n) is 12.3. The van der Waals surface area contributed by atoms with Crippen molar-refractivity contribution in [3.05, 3.63) is 36.4 Å². The van der Waals surface area contributed by atoms with Crippen LogP contribution in [0.4, 0.5) is 5.69 Å². The Morgan fingerprint density at radius 2 is 1.83 bits per heavy atom. The fourth-order valence-corrected chi connectivity index (χ4v) is 7.53. The summed E-state index contributed by atoms with van der Waals surface area (Å²) in [5.41, 5.74) is -0.552. The molecule has 41 heavy (non-hydrogen) atoms. The molecule has 3 saturated heterocycles. The Morgan fingerprint density at radius 1 is 1.07 bits per heavy atom. The van der Waals surface area contributed by atoms with Crippen molar-refractivity contribution in [1.82, 2.24) is 15.1 Å². The van der Waals surface area contributed by atoms with Gasteiger partial charge in [0.05, 0.1) is 38.3 Å². The third-order valence-electron chi connectivity index (χ3n) is 10.1. The number of carbonyl (C=O) groups excluding carboxylic acids is 3. The van der Waals surface area contributed by atoms with Crippen LogP contribution in [0, 0.1) is 23.7 Å². The number of methoxy groups -OCH3 is 1. The topological polar surface area (TPSA) is 109 Å². The second kappa shape index (κ2) is 11.4. The molecule has 10 nitrogen and oxygen atoms in total. The number of amides is 3. The number of ether oxygens (including phenoxy) is 3. The van der Waals surface area contributed by atoms with Gasteiger partial charge in [0.15, 0.2) is 0 Å². The Morgan fingerprint density at radius 3 is 2.56 bits per heavy atom. The van der Waals surface area contributed by atoms with E-state index >= 15 is 0 Å². The van der Waals surface area contributed by atoms with Gasteiger partial charge >= 0.3 is 0 Å². The largest absolute Gasteiger partial charge is 0.497 e. The number of rotatable bonds is 8. The number of nitrogens with one attached hydrogen (secondary N) is 2. The minimum absolute atomic E-state index is 0.0506. The van der Waals surface area contributed by atoms with E-state index in [9.17, 15) is 14.4 Å². The van der Waals surface area contributed by atoms with Gasteiger partial charge in [0.25, 0.3) is 0 Å². The molecule has 1 spiro atoms. The van der Waals surface area contributed by atoms with Crippen molar-refractivity contribution in [3.8, 4) is 5.75 Å². The summed E-state index contributed by atoms with van der Waals surface area (Å²) in [5.74, 6) is -0.600. The molecule has 3 amide bonds. The third-order valence-corrected chi connectivity index (χ3v) is 10.1. The van der Waals surface area contributed by atoms with Gasteiger partial charge in [-0.2, -0.15) is 0 Å². The lowest BCUT2D eigenvalue weighted by Gasteiger charge is -2.38. The Labute approximate surface area is 241 Å². The fraction of sp³-hybridized carbons (Fsp3) is 0.645. The normalized spacial score (nSPS) is 36.3. The van der Waals surface area contributed by atoms with E-state index < -0.39 is 29.6 Å². The summed E-state index contributed by atoms with van der Waals surface area (Å²) in [6.45, 7) is 8.35. The minimum Gasteiger partial charge on any atom is -0.497 e. The van der Waals surface area contributed by atoms with Crippen LogP contribution in [-0.4, -0.2) is 97.8 Å². The van der Waals surface area contributed by atoms with Crippen molar-refractivity contribution in [2.75, 3.05) is 51.8 Å². The summed E-state index contributed by atoms with van der Waals surface area (Å²) in [6.07, 6.45) is 6.33. The number of anilines is 1. The molecule has 1 aromatic rings. The first-order valence-corrected chi connectivity index (χ1v) is 15.1. The maximum Gasteiger partial charge on any atom is 0.246 e. The van der Waals surface area contributed by atoms with Gasteiger partial charge in [-0.1, -0.05) is 38.8 Å². The zero-order chi connectivity index (χ0) is 28.7. The Balaban J connectivity index is 1.26. The maximum atomic E-state index is 14.2. The van der Waals surface area contributed by atoms with Crippen LogP contribution in [0.15, 0.2) is 36.4 Å². The highest BCUT2D eigenvalue weighted by molar-refractivity contribution is 6.02. The van der Waals surface area contributed by atoms with Crippen molar-refractivity contribution in [1.29, 1.82) is 0 Å². The number of hydrogen-bond donors (Lipinski definition) is 2. The molecule has 1 aliphatic carbocycles. The van der Waals surface area contributed by atoms with Gasteiger partial charge in [0, 0.05) is 37.9 Å². The van der Waals surface area contributed by atoms with Crippen molar-refractivity contribution < 1.29 is 28.6 Å². The van der Waals surface area contributed by atoms with E-state index in [-0.39, 0.29) is 23.8 Å². The van der Waals surface area contributed by atoms with Gasteiger partial charge < -0.3 is 29.7 Å². The van der Waals surface area contributed by atoms with Crippen molar-refractivity contribution in [2.24, 2.45) is 23.7 Å². The molecule has 4 fully saturated rings. The molecular weight excluding hydrogens is 524 g/mol. The van der Waals surface area contributed by atoms with Crippen LogP contribution in [0.5, 0.6) is 5.75 Å². The Hall–Kier alpha value is -2.95. The SMILES string of the molecule is COc1ccc(NC(=O)[C@@H]2[C@@H]3C=C[C@]4(O3)[C@@H]2C(=O)N(CCN2CCOCC2)[C@H]4C(=O)N[C@@H]2CCC[C@H](C)[C@@H]2C)cc1. The van der Waals surface area contributed by atoms with Crippen LogP contribution < -0.4 is 15.4 Å². The van der Waals surface area contributed by atoms with Crippen LogP contribution in [0.2, 0.25) is 0 Å². The van der Waals surface area contributed by atoms with Crippen molar-refractivity contribution in [3.63, 3.8) is 0 Å². The van der Waals surface area contributed by atoms with Gasteiger partial charge in [0.1, 0.15) is 17.4 Å². The molecule has 4 aliphatic heterocycles. The minimum atomic E-state index is -1.16. The molecule has 8 atom stereocenters. The predicted octanol–water partition coefficient (Wildman–Crippen LogP) is 2.06. The van der Waals surface area contributed by atoms with Gasteiger partial charge in [-0.15, -0.1) is 0 Å². The first-order chi connectivity index (χ1) is 19.8. The molecule has 10 heteroatoms. The summed E-state index contributed by atoms with van der Waals surface area (Å²) >= 11 is 0. The maximum absolute atomic E-state index is 14.2. The first-order valence-electron chi connectivity index (χ1n) is 15.1. The number of fused-ring (bicyclic) bond motifs is 1. The monoisotopic (exact) mass is 566 g/mol. The van der Waals surface area contributed by atoms with Crippen LogP contribution in [0.25, 0.3) is 0 Å². The van der Waals surface area contributed by atoms with E-state index in [1.807, 2.05) is 12.2 Å². The first kappa shape index (κ1) is 28.2. The average Bonchev–Trinajstić information content (AvgIpc) is 3.62. The summed E-state index contributed by atoms with van der Waals surface area (Å²) in [6, 6.07) is 6.31. The fourth-order valence-electron chi connectivity index (χ4n) is 7.53. The van der Waals surface area contributed by atoms with Gasteiger partial charge in [-0.05, 0) is 42.5 Å². The molecular formula is C31H42N4O6. The highest BCUT2D eigenvalue weighted by Gasteiger charge is 2.72. The van der Waals surface area contributed by atoms with E-state index in [0.717, 1.165) is 32.4 Å². The summed E-state index contributed by atoms with van der Waals surface area (Å²) < 4.78 is 17.2. The molecule has 4 heterocycles. The average molecular weight is 567 g/mol. The van der Waals surface area contributed by atoms with Crippen molar-refractivity contribution >= 4 is 23.4 Å². The Kier molecular flexibility index (Phi) is 7.82. The van der Waals surface area contributed by atoms with Crippen LogP contribution in [0.1, 0.15) is 33.1 Å². The zero-order valence-electron chi connectivity index (χ0n) is 24.2. The van der Waals surface area contributed by atoms with Crippen molar-refractivity contribution in [2.45, 2.75) is 56.9 Å². The molecule has 1 aromatic carbocycles. The highest BCUT2D eigenvalue weighted by Crippen LogP contribution is 2.55. The van der Waals surface area contributed by atoms with Gasteiger partial charge in [0.2, 0.25) is 17.7 Å². The number of likely N-dealkylation sites (tertiary alicyclic amines) is 1. The molecule has 1 saturated carbocycles. The lowest BCUT2D eigenvalue weighted by Crippen LogP contribution is -2.58. The predicted molar refractivity (Wildman–Crippen MR) is 152 cm³/mol. The molecule has 222 valence electrons. The lowest BCUT2D eigenvalue weighted by molar-refractivity contribution is -0.142. The second-order valence-corrected chi connectivity index (χ2v) is 12.3. The molecule has 0 unspecified atom stereocenters. The van der Waals surface area contributed by atoms with Gasteiger partial charge in [-0.25, -0.2) is 0 Å². The number of benzene rings is 1. The van der Waals surface area contributed by atoms with E-state index in [1.54, 1.807) is 36.3 Å². The van der Waals surface area contributed by atoms with E-state index in [2.05, 4.69) is 29.4 Å². The van der Waals surface area contributed by atoms with Crippen LogP contribution in [-0.2, 0) is 23.9 Å². The summed E-state index contributed by atoms with van der Waals surface area (Å²) in [5, 5.41) is 6.29. The van der Waals surface area contributed by atoms with Crippen LogP contribution in [0.3, 0.4) is 0 Å². The van der Waals surface area contributed by atoms with Gasteiger partial charge in [-0.3, -0.25) is 19.3 Å².